The number of amides is 1. The average molecular weight is 414 g/mol. The third-order valence-electron chi connectivity index (χ3n) is 5.32. The van der Waals surface area contributed by atoms with E-state index in [-0.39, 0.29) is 5.91 Å². The number of benzene rings is 2. The summed E-state index contributed by atoms with van der Waals surface area (Å²) in [6.45, 7) is 0.380. The van der Waals surface area contributed by atoms with Crippen LogP contribution in [0.4, 0.5) is 0 Å². The maximum absolute atomic E-state index is 12.9. The van der Waals surface area contributed by atoms with Gasteiger partial charge in [0.15, 0.2) is 5.76 Å². The van der Waals surface area contributed by atoms with Gasteiger partial charge >= 0.3 is 0 Å². The first kappa shape index (κ1) is 19.4. The van der Waals surface area contributed by atoms with Gasteiger partial charge in [-0.15, -0.1) is 0 Å². The maximum Gasteiger partial charge on any atom is 0.287 e. The normalized spacial score (nSPS) is 15.0. The fourth-order valence-corrected chi connectivity index (χ4v) is 5.31. The Kier molecular flexibility index (Phi) is 6.28. The minimum Gasteiger partial charge on any atom is -0.451 e. The summed E-state index contributed by atoms with van der Waals surface area (Å²) in [7, 11) is 0. The van der Waals surface area contributed by atoms with Crippen LogP contribution in [-0.2, 0) is 12.3 Å². The molecular formula is C23H24ClNO2S. The Balaban J connectivity index is 1.53. The number of halogens is 1. The Bertz CT molecular complexity index is 962. The van der Waals surface area contributed by atoms with E-state index in [4.69, 9.17) is 16.0 Å². The Morgan fingerprint density at radius 1 is 1.07 bits per heavy atom. The molecule has 1 N–H and O–H groups in total. The van der Waals surface area contributed by atoms with Crippen molar-refractivity contribution in [3.63, 3.8) is 0 Å². The molecule has 1 heterocycles. The molecule has 2 aromatic carbocycles. The highest BCUT2D eigenvalue weighted by Crippen LogP contribution is 2.35. The number of fused-ring (bicyclic) bond motifs is 1. The summed E-state index contributed by atoms with van der Waals surface area (Å²) in [5.74, 6) is 1.04. The third kappa shape index (κ3) is 4.39. The number of rotatable bonds is 6. The van der Waals surface area contributed by atoms with Gasteiger partial charge in [-0.1, -0.05) is 67.3 Å². The molecule has 1 saturated carbocycles. The van der Waals surface area contributed by atoms with E-state index in [1.807, 2.05) is 60.3 Å². The smallest absolute Gasteiger partial charge is 0.287 e. The summed E-state index contributed by atoms with van der Waals surface area (Å²) in [6, 6.07) is 15.5. The maximum atomic E-state index is 12.9. The van der Waals surface area contributed by atoms with Gasteiger partial charge in [0.1, 0.15) is 5.58 Å². The highest BCUT2D eigenvalue weighted by atomic mass is 35.5. The van der Waals surface area contributed by atoms with Crippen LogP contribution in [0.5, 0.6) is 0 Å². The van der Waals surface area contributed by atoms with Gasteiger partial charge in [0.05, 0.1) is 0 Å². The van der Waals surface area contributed by atoms with E-state index in [9.17, 15) is 4.79 Å². The molecular weight excluding hydrogens is 390 g/mol. The SMILES string of the molecule is O=C(NCc1ccccc1Cl)c1oc2ccccc2c1CSC1CCCCC1. The third-order valence-corrected chi connectivity index (χ3v) is 7.08. The summed E-state index contributed by atoms with van der Waals surface area (Å²) in [5.41, 5.74) is 2.67. The second-order valence-electron chi connectivity index (χ2n) is 7.25. The van der Waals surface area contributed by atoms with Gasteiger partial charge in [0, 0.05) is 33.5 Å². The van der Waals surface area contributed by atoms with Gasteiger partial charge in [0.2, 0.25) is 0 Å². The molecule has 0 aliphatic heterocycles. The first-order valence-corrected chi connectivity index (χ1v) is 11.3. The lowest BCUT2D eigenvalue weighted by atomic mass is 10.0. The first-order chi connectivity index (χ1) is 13.7. The second-order valence-corrected chi connectivity index (χ2v) is 8.95. The largest absolute Gasteiger partial charge is 0.451 e. The van der Waals surface area contributed by atoms with E-state index in [1.165, 1.54) is 32.1 Å². The van der Waals surface area contributed by atoms with Gasteiger partial charge in [-0.2, -0.15) is 11.8 Å². The van der Waals surface area contributed by atoms with Crippen molar-refractivity contribution in [3.05, 3.63) is 70.4 Å². The Hall–Kier alpha value is -1.91. The van der Waals surface area contributed by atoms with Crippen molar-refractivity contribution in [2.24, 2.45) is 0 Å². The number of para-hydroxylation sites is 1. The van der Waals surface area contributed by atoms with Crippen LogP contribution < -0.4 is 5.32 Å². The number of hydrogen-bond acceptors (Lipinski definition) is 3. The van der Waals surface area contributed by atoms with Gasteiger partial charge < -0.3 is 9.73 Å². The summed E-state index contributed by atoms with van der Waals surface area (Å²) in [6.07, 6.45) is 6.52. The van der Waals surface area contributed by atoms with Crippen LogP contribution in [-0.4, -0.2) is 11.2 Å². The molecule has 28 heavy (non-hydrogen) atoms. The topological polar surface area (TPSA) is 42.2 Å². The molecule has 0 radical (unpaired) electrons. The predicted octanol–water partition coefficient (Wildman–Crippen LogP) is 6.58. The van der Waals surface area contributed by atoms with Crippen molar-refractivity contribution in [1.82, 2.24) is 5.32 Å². The van der Waals surface area contributed by atoms with Crippen LogP contribution in [0.3, 0.4) is 0 Å². The molecule has 146 valence electrons. The van der Waals surface area contributed by atoms with Crippen molar-refractivity contribution in [3.8, 4) is 0 Å². The van der Waals surface area contributed by atoms with E-state index in [0.717, 1.165) is 27.8 Å². The predicted molar refractivity (Wildman–Crippen MR) is 117 cm³/mol. The number of hydrogen-bond donors (Lipinski definition) is 1. The lowest BCUT2D eigenvalue weighted by molar-refractivity contribution is 0.0924. The Morgan fingerprint density at radius 2 is 1.82 bits per heavy atom. The molecule has 1 aromatic heterocycles. The quantitative estimate of drug-likeness (QED) is 0.496. The summed E-state index contributed by atoms with van der Waals surface area (Å²) < 4.78 is 5.96. The fourth-order valence-electron chi connectivity index (χ4n) is 3.76. The molecule has 4 rings (SSSR count). The van der Waals surface area contributed by atoms with Crippen molar-refractivity contribution < 1.29 is 9.21 Å². The van der Waals surface area contributed by atoms with Gasteiger partial charge in [0.25, 0.3) is 5.91 Å². The number of carbonyl (C=O) groups is 1. The highest BCUT2D eigenvalue weighted by Gasteiger charge is 2.22. The molecule has 0 spiro atoms. The zero-order chi connectivity index (χ0) is 19.3. The van der Waals surface area contributed by atoms with E-state index >= 15 is 0 Å². The van der Waals surface area contributed by atoms with Crippen LogP contribution in [0, 0.1) is 0 Å². The fraction of sp³-hybridized carbons (Fsp3) is 0.348. The molecule has 1 amide bonds. The van der Waals surface area contributed by atoms with Gasteiger partial charge in [-0.25, -0.2) is 0 Å². The minimum absolute atomic E-state index is 0.185. The first-order valence-electron chi connectivity index (χ1n) is 9.86. The molecule has 3 nitrogen and oxygen atoms in total. The average Bonchev–Trinajstić information content (AvgIpc) is 3.11. The van der Waals surface area contributed by atoms with Crippen LogP contribution in [0.25, 0.3) is 11.0 Å². The van der Waals surface area contributed by atoms with Gasteiger partial charge in [-0.05, 0) is 30.5 Å². The van der Waals surface area contributed by atoms with Crippen molar-refractivity contribution in [2.45, 2.75) is 49.7 Å². The number of thioether (sulfide) groups is 1. The summed E-state index contributed by atoms with van der Waals surface area (Å²) >= 11 is 8.16. The molecule has 0 unspecified atom stereocenters. The standard InChI is InChI=1S/C23H24ClNO2S/c24-20-12-6-4-8-16(20)14-25-23(26)22-19(15-28-17-9-2-1-3-10-17)18-11-5-7-13-21(18)27-22/h4-8,11-13,17H,1-3,9-10,14-15H2,(H,25,26). The van der Waals surface area contributed by atoms with Gasteiger partial charge in [-0.3, -0.25) is 4.79 Å². The van der Waals surface area contributed by atoms with E-state index in [0.29, 0.717) is 22.6 Å². The molecule has 0 saturated heterocycles. The second kappa shape index (κ2) is 9.06. The highest BCUT2D eigenvalue weighted by molar-refractivity contribution is 7.99. The van der Waals surface area contributed by atoms with Crippen molar-refractivity contribution >= 4 is 40.2 Å². The Labute approximate surface area is 174 Å². The molecule has 0 bridgehead atoms. The zero-order valence-corrected chi connectivity index (χ0v) is 17.3. The van der Waals surface area contributed by atoms with E-state index < -0.39 is 0 Å². The minimum atomic E-state index is -0.185. The monoisotopic (exact) mass is 413 g/mol. The molecule has 1 fully saturated rings. The molecule has 0 atom stereocenters. The molecule has 3 aromatic rings. The Morgan fingerprint density at radius 3 is 2.64 bits per heavy atom. The lowest BCUT2D eigenvalue weighted by Gasteiger charge is -2.20. The van der Waals surface area contributed by atoms with E-state index in [2.05, 4.69) is 5.32 Å². The number of nitrogens with one attached hydrogen (secondary N) is 1. The van der Waals surface area contributed by atoms with Crippen molar-refractivity contribution in [2.75, 3.05) is 0 Å². The number of carbonyl (C=O) groups excluding carboxylic acids is 1. The summed E-state index contributed by atoms with van der Waals surface area (Å²) in [5, 5.41) is 5.34. The molecule has 1 aliphatic carbocycles. The lowest BCUT2D eigenvalue weighted by Crippen LogP contribution is -2.23. The van der Waals surface area contributed by atoms with Crippen LogP contribution in [0.1, 0.15) is 53.8 Å². The van der Waals surface area contributed by atoms with Crippen molar-refractivity contribution in [1.29, 1.82) is 0 Å². The van der Waals surface area contributed by atoms with Crippen LogP contribution in [0.2, 0.25) is 5.02 Å². The van der Waals surface area contributed by atoms with Crippen LogP contribution in [0.15, 0.2) is 52.9 Å². The zero-order valence-electron chi connectivity index (χ0n) is 15.7. The molecule has 1 aliphatic rings. The number of furan rings is 1. The van der Waals surface area contributed by atoms with Crippen LogP contribution >= 0.6 is 23.4 Å². The van der Waals surface area contributed by atoms with E-state index in [1.54, 1.807) is 0 Å². The summed E-state index contributed by atoms with van der Waals surface area (Å²) in [4.78, 5) is 12.9. The molecule has 5 heteroatoms.